The Hall–Kier alpha value is -1.59. The Bertz CT molecular complexity index is 480. The molecule has 2 aliphatic heterocycles. The van der Waals surface area contributed by atoms with Gasteiger partial charge in [0, 0.05) is 12.1 Å². The van der Waals surface area contributed by atoms with Crippen LogP contribution < -0.4 is 10.1 Å². The van der Waals surface area contributed by atoms with Crippen molar-refractivity contribution in [2.24, 2.45) is 0 Å². The highest BCUT2D eigenvalue weighted by atomic mass is 16.5. The zero-order valence-corrected chi connectivity index (χ0v) is 10.2. The molecular weight excluding hydrogens is 234 g/mol. The molecule has 96 valence electrons. The minimum Gasteiger partial charge on any atom is -0.491 e. The Kier molecular flexibility index (Phi) is 2.72. The van der Waals surface area contributed by atoms with Gasteiger partial charge in [-0.15, -0.1) is 0 Å². The predicted molar refractivity (Wildman–Crippen MR) is 63.8 cm³/mol. The lowest BCUT2D eigenvalue weighted by Gasteiger charge is -2.33. The Morgan fingerprint density at radius 2 is 2.33 bits per heavy atom. The van der Waals surface area contributed by atoms with Crippen LogP contribution in [-0.2, 0) is 15.0 Å². The number of hydrogen-bond acceptors (Lipinski definition) is 5. The lowest BCUT2D eigenvalue weighted by Crippen LogP contribution is -2.52. The second kappa shape index (κ2) is 4.26. The van der Waals surface area contributed by atoms with Crippen molar-refractivity contribution in [2.45, 2.75) is 5.54 Å². The van der Waals surface area contributed by atoms with Crippen LogP contribution in [0.2, 0.25) is 0 Å². The number of fused-ring (bicyclic) bond motifs is 2. The van der Waals surface area contributed by atoms with E-state index in [1.54, 1.807) is 12.1 Å². The lowest BCUT2D eigenvalue weighted by molar-refractivity contribution is 0.0160. The highest BCUT2D eigenvalue weighted by Gasteiger charge is 2.42. The van der Waals surface area contributed by atoms with Crippen LogP contribution in [0.3, 0.4) is 0 Å². The summed E-state index contributed by atoms with van der Waals surface area (Å²) in [4.78, 5) is 11.5. The maximum absolute atomic E-state index is 11.5. The standard InChI is InChI=1S/C13H15NO4/c1-16-12(15)9-2-3-10-11(6-9)18-8-13(10)7-17-5-4-14-13/h2-3,6,14H,4-5,7-8H2,1H3/t13-/m1/s1. The fourth-order valence-corrected chi connectivity index (χ4v) is 2.49. The number of methoxy groups -OCH3 is 1. The smallest absolute Gasteiger partial charge is 0.337 e. The molecule has 1 saturated heterocycles. The number of esters is 1. The van der Waals surface area contributed by atoms with Crippen molar-refractivity contribution in [1.82, 2.24) is 5.32 Å². The molecule has 1 fully saturated rings. The number of carbonyl (C=O) groups is 1. The van der Waals surface area contributed by atoms with Crippen molar-refractivity contribution >= 4 is 5.97 Å². The van der Waals surface area contributed by atoms with Crippen LogP contribution >= 0.6 is 0 Å². The predicted octanol–water partition coefficient (Wildman–Crippen LogP) is 0.681. The number of morpholine rings is 1. The van der Waals surface area contributed by atoms with Crippen LogP contribution in [0, 0.1) is 0 Å². The van der Waals surface area contributed by atoms with E-state index in [0.717, 1.165) is 24.5 Å². The summed E-state index contributed by atoms with van der Waals surface area (Å²) in [7, 11) is 1.37. The first kappa shape index (κ1) is 11.5. The molecule has 2 aliphatic rings. The van der Waals surface area contributed by atoms with Gasteiger partial charge < -0.3 is 19.5 Å². The number of rotatable bonds is 1. The molecule has 0 bridgehead atoms. The van der Waals surface area contributed by atoms with Crippen molar-refractivity contribution in [3.8, 4) is 5.75 Å². The van der Waals surface area contributed by atoms with Gasteiger partial charge in [-0.1, -0.05) is 6.07 Å². The van der Waals surface area contributed by atoms with Crippen molar-refractivity contribution < 1.29 is 19.0 Å². The van der Waals surface area contributed by atoms with Crippen LogP contribution in [0.15, 0.2) is 18.2 Å². The van der Waals surface area contributed by atoms with E-state index in [-0.39, 0.29) is 11.5 Å². The SMILES string of the molecule is COC(=O)c1ccc2c(c1)OC[C@]21COCCN1. The Labute approximate surface area is 105 Å². The summed E-state index contributed by atoms with van der Waals surface area (Å²) in [5.74, 6) is 0.381. The number of hydrogen-bond donors (Lipinski definition) is 1. The summed E-state index contributed by atoms with van der Waals surface area (Å²) in [5, 5.41) is 3.45. The van der Waals surface area contributed by atoms with Crippen molar-refractivity contribution in [3.63, 3.8) is 0 Å². The highest BCUT2D eigenvalue weighted by Crippen LogP contribution is 2.38. The van der Waals surface area contributed by atoms with Gasteiger partial charge in [0.05, 0.1) is 25.9 Å². The van der Waals surface area contributed by atoms with Crippen LogP contribution in [0.1, 0.15) is 15.9 Å². The molecule has 1 aromatic carbocycles. The maximum atomic E-state index is 11.5. The molecule has 0 saturated carbocycles. The molecule has 2 heterocycles. The average molecular weight is 249 g/mol. The van der Waals surface area contributed by atoms with Crippen molar-refractivity contribution in [2.75, 3.05) is 33.5 Å². The van der Waals surface area contributed by atoms with E-state index in [2.05, 4.69) is 5.32 Å². The third-order valence-electron chi connectivity index (χ3n) is 3.45. The third-order valence-corrected chi connectivity index (χ3v) is 3.45. The van der Waals surface area contributed by atoms with Gasteiger partial charge in [-0.3, -0.25) is 0 Å². The summed E-state index contributed by atoms with van der Waals surface area (Å²) in [5.41, 5.74) is 1.29. The second-order valence-corrected chi connectivity index (χ2v) is 4.55. The Morgan fingerprint density at radius 1 is 1.44 bits per heavy atom. The summed E-state index contributed by atoms with van der Waals surface area (Å²) < 4.78 is 15.9. The van der Waals surface area contributed by atoms with Crippen LogP contribution in [0.4, 0.5) is 0 Å². The first-order valence-corrected chi connectivity index (χ1v) is 5.94. The first-order chi connectivity index (χ1) is 8.75. The van der Waals surface area contributed by atoms with E-state index in [9.17, 15) is 4.79 Å². The van der Waals surface area contributed by atoms with Crippen LogP contribution in [0.25, 0.3) is 0 Å². The largest absolute Gasteiger partial charge is 0.491 e. The molecule has 0 amide bonds. The summed E-state index contributed by atoms with van der Waals surface area (Å²) in [6, 6.07) is 5.40. The Morgan fingerprint density at radius 3 is 3.06 bits per heavy atom. The van der Waals surface area contributed by atoms with E-state index >= 15 is 0 Å². The minimum atomic E-state index is -0.352. The molecule has 1 aromatic rings. The van der Waals surface area contributed by atoms with Gasteiger partial charge in [-0.05, 0) is 12.1 Å². The summed E-state index contributed by atoms with van der Waals surface area (Å²) in [6.45, 7) is 2.66. The quantitative estimate of drug-likeness (QED) is 0.742. The second-order valence-electron chi connectivity index (χ2n) is 4.55. The maximum Gasteiger partial charge on any atom is 0.337 e. The van der Waals surface area contributed by atoms with Gasteiger partial charge in [-0.25, -0.2) is 4.79 Å². The topological polar surface area (TPSA) is 56.8 Å². The van der Waals surface area contributed by atoms with Crippen LogP contribution in [-0.4, -0.2) is 39.4 Å². The molecule has 0 aromatic heterocycles. The van der Waals surface area contributed by atoms with Gasteiger partial charge in [0.2, 0.25) is 0 Å². The van der Waals surface area contributed by atoms with Crippen LogP contribution in [0.5, 0.6) is 5.75 Å². The zero-order chi connectivity index (χ0) is 12.6. The van der Waals surface area contributed by atoms with Gasteiger partial charge >= 0.3 is 5.97 Å². The third kappa shape index (κ3) is 1.67. The van der Waals surface area contributed by atoms with E-state index in [0.29, 0.717) is 18.8 Å². The number of ether oxygens (including phenoxy) is 3. The highest BCUT2D eigenvalue weighted by molar-refractivity contribution is 5.90. The molecular formula is C13H15NO4. The van der Waals surface area contributed by atoms with Crippen molar-refractivity contribution in [1.29, 1.82) is 0 Å². The normalized spacial score (nSPS) is 25.6. The molecule has 0 aliphatic carbocycles. The molecule has 5 heteroatoms. The first-order valence-electron chi connectivity index (χ1n) is 5.94. The minimum absolute atomic E-state index is 0.262. The van der Waals surface area contributed by atoms with Crippen molar-refractivity contribution in [3.05, 3.63) is 29.3 Å². The number of nitrogens with one attached hydrogen (secondary N) is 1. The Balaban J connectivity index is 1.96. The van der Waals surface area contributed by atoms with E-state index in [4.69, 9.17) is 14.2 Å². The van der Waals surface area contributed by atoms with Gasteiger partial charge in [-0.2, -0.15) is 0 Å². The molecule has 0 radical (unpaired) electrons. The monoisotopic (exact) mass is 249 g/mol. The fraction of sp³-hybridized carbons (Fsp3) is 0.462. The van der Waals surface area contributed by atoms with E-state index in [1.165, 1.54) is 7.11 Å². The number of benzene rings is 1. The average Bonchev–Trinajstić information content (AvgIpc) is 2.77. The molecule has 18 heavy (non-hydrogen) atoms. The zero-order valence-electron chi connectivity index (χ0n) is 10.2. The van der Waals surface area contributed by atoms with Gasteiger partial charge in [0.15, 0.2) is 0 Å². The summed E-state index contributed by atoms with van der Waals surface area (Å²) in [6.07, 6.45) is 0. The lowest BCUT2D eigenvalue weighted by atomic mass is 9.91. The molecule has 1 spiro atoms. The van der Waals surface area contributed by atoms with E-state index < -0.39 is 0 Å². The molecule has 1 atom stereocenters. The summed E-state index contributed by atoms with van der Waals surface area (Å²) >= 11 is 0. The molecule has 1 N–H and O–H groups in total. The molecule has 5 nitrogen and oxygen atoms in total. The fourth-order valence-electron chi connectivity index (χ4n) is 2.49. The number of carbonyl (C=O) groups excluding carboxylic acids is 1. The van der Waals surface area contributed by atoms with Gasteiger partial charge in [0.25, 0.3) is 0 Å². The molecule has 3 rings (SSSR count). The van der Waals surface area contributed by atoms with Gasteiger partial charge in [0.1, 0.15) is 17.9 Å². The molecule has 0 unspecified atom stereocenters. The van der Waals surface area contributed by atoms with E-state index in [1.807, 2.05) is 6.07 Å².